The first-order valence-corrected chi connectivity index (χ1v) is 6.94. The third-order valence-electron chi connectivity index (χ3n) is 3.57. The topological polar surface area (TPSA) is 43.8 Å². The van der Waals surface area contributed by atoms with Crippen LogP contribution in [0.4, 0.5) is 0 Å². The van der Waals surface area contributed by atoms with E-state index < -0.39 is 0 Å². The van der Waals surface area contributed by atoms with E-state index in [-0.39, 0.29) is 6.04 Å². The van der Waals surface area contributed by atoms with Gasteiger partial charge in [0.1, 0.15) is 5.82 Å². The van der Waals surface area contributed by atoms with Crippen molar-refractivity contribution in [1.82, 2.24) is 9.55 Å². The molecule has 3 rings (SSSR count). The molecule has 0 fully saturated rings. The van der Waals surface area contributed by atoms with Crippen molar-refractivity contribution in [2.24, 2.45) is 12.8 Å². The molecule has 0 spiro atoms. The summed E-state index contributed by atoms with van der Waals surface area (Å²) in [7, 11) is 2.01. The molecular formula is C16H16ClN3. The first kappa shape index (κ1) is 13.2. The van der Waals surface area contributed by atoms with Crippen molar-refractivity contribution in [2.75, 3.05) is 0 Å². The highest BCUT2D eigenvalue weighted by molar-refractivity contribution is 6.31. The minimum absolute atomic E-state index is 0.0535. The molecule has 0 saturated heterocycles. The summed E-state index contributed by atoms with van der Waals surface area (Å²) in [4.78, 5) is 4.64. The summed E-state index contributed by atoms with van der Waals surface area (Å²) >= 11 is 6.01. The van der Waals surface area contributed by atoms with Crippen LogP contribution in [0.1, 0.15) is 17.4 Å². The van der Waals surface area contributed by atoms with Crippen LogP contribution in [0.15, 0.2) is 48.5 Å². The minimum atomic E-state index is -0.0535. The Morgan fingerprint density at radius 1 is 1.20 bits per heavy atom. The number of halogens is 1. The van der Waals surface area contributed by atoms with Gasteiger partial charge in [-0.15, -0.1) is 0 Å². The fourth-order valence-corrected chi connectivity index (χ4v) is 2.59. The second kappa shape index (κ2) is 5.27. The molecule has 0 amide bonds. The molecular weight excluding hydrogens is 270 g/mol. The quantitative estimate of drug-likeness (QED) is 0.801. The normalized spacial score (nSPS) is 12.8. The standard InChI is InChI=1S/C16H16ClN3/c1-20-15-8-7-12(17)9-14(15)19-16(20)10-13(18)11-5-3-2-4-6-11/h2-9,13H,10,18H2,1H3. The van der Waals surface area contributed by atoms with E-state index in [2.05, 4.69) is 9.55 Å². The first-order valence-electron chi connectivity index (χ1n) is 6.56. The zero-order valence-corrected chi connectivity index (χ0v) is 12.0. The fraction of sp³-hybridized carbons (Fsp3) is 0.188. The van der Waals surface area contributed by atoms with Crippen molar-refractivity contribution in [3.05, 3.63) is 64.9 Å². The molecule has 2 aromatic carbocycles. The van der Waals surface area contributed by atoms with Crippen molar-refractivity contribution < 1.29 is 0 Å². The number of imidazole rings is 1. The number of hydrogen-bond acceptors (Lipinski definition) is 2. The molecule has 0 bridgehead atoms. The second-order valence-electron chi connectivity index (χ2n) is 4.94. The Balaban J connectivity index is 1.93. The van der Waals surface area contributed by atoms with Gasteiger partial charge >= 0.3 is 0 Å². The zero-order valence-electron chi connectivity index (χ0n) is 11.3. The van der Waals surface area contributed by atoms with Crippen LogP contribution in [-0.2, 0) is 13.5 Å². The Hall–Kier alpha value is -1.84. The molecule has 102 valence electrons. The van der Waals surface area contributed by atoms with Gasteiger partial charge in [0.05, 0.1) is 11.0 Å². The summed E-state index contributed by atoms with van der Waals surface area (Å²) < 4.78 is 2.08. The van der Waals surface area contributed by atoms with Gasteiger partial charge in [-0.3, -0.25) is 0 Å². The van der Waals surface area contributed by atoms with Gasteiger partial charge in [0.25, 0.3) is 0 Å². The molecule has 0 aliphatic carbocycles. The van der Waals surface area contributed by atoms with Gasteiger partial charge in [-0.2, -0.15) is 0 Å². The predicted octanol–water partition coefficient (Wildman–Crippen LogP) is 3.47. The molecule has 3 aromatic rings. The maximum atomic E-state index is 6.27. The number of aryl methyl sites for hydroxylation is 1. The Morgan fingerprint density at radius 3 is 2.70 bits per heavy atom. The molecule has 2 N–H and O–H groups in total. The summed E-state index contributed by atoms with van der Waals surface area (Å²) in [5, 5.41) is 0.703. The van der Waals surface area contributed by atoms with E-state index in [1.165, 1.54) is 0 Å². The van der Waals surface area contributed by atoms with Crippen molar-refractivity contribution in [3.8, 4) is 0 Å². The highest BCUT2D eigenvalue weighted by atomic mass is 35.5. The molecule has 4 heteroatoms. The highest BCUT2D eigenvalue weighted by Crippen LogP contribution is 2.22. The Bertz CT molecular complexity index is 734. The van der Waals surface area contributed by atoms with Gasteiger partial charge in [0.15, 0.2) is 0 Å². The lowest BCUT2D eigenvalue weighted by Gasteiger charge is -2.11. The Labute approximate surface area is 123 Å². The van der Waals surface area contributed by atoms with E-state index in [1.807, 2.05) is 55.6 Å². The maximum Gasteiger partial charge on any atom is 0.111 e. The van der Waals surface area contributed by atoms with Crippen LogP contribution in [-0.4, -0.2) is 9.55 Å². The lowest BCUT2D eigenvalue weighted by atomic mass is 10.0. The smallest absolute Gasteiger partial charge is 0.111 e. The fourth-order valence-electron chi connectivity index (χ4n) is 2.42. The van der Waals surface area contributed by atoms with Gasteiger partial charge in [-0.25, -0.2) is 4.98 Å². The number of nitrogens with zero attached hydrogens (tertiary/aromatic N) is 2. The second-order valence-corrected chi connectivity index (χ2v) is 5.38. The minimum Gasteiger partial charge on any atom is -0.331 e. The number of nitrogens with two attached hydrogens (primary N) is 1. The van der Waals surface area contributed by atoms with Gasteiger partial charge in [0.2, 0.25) is 0 Å². The average Bonchev–Trinajstić information content (AvgIpc) is 2.75. The summed E-state index contributed by atoms with van der Waals surface area (Å²) in [5.74, 6) is 0.971. The molecule has 0 aliphatic rings. The predicted molar refractivity (Wildman–Crippen MR) is 82.8 cm³/mol. The highest BCUT2D eigenvalue weighted by Gasteiger charge is 2.13. The molecule has 1 aromatic heterocycles. The molecule has 1 heterocycles. The van der Waals surface area contributed by atoms with E-state index in [0.29, 0.717) is 11.4 Å². The van der Waals surface area contributed by atoms with E-state index in [1.54, 1.807) is 0 Å². The van der Waals surface area contributed by atoms with Crippen LogP contribution in [0.25, 0.3) is 11.0 Å². The Kier molecular flexibility index (Phi) is 3.47. The van der Waals surface area contributed by atoms with Gasteiger partial charge in [-0.05, 0) is 23.8 Å². The maximum absolute atomic E-state index is 6.27. The molecule has 0 saturated carbocycles. The number of rotatable bonds is 3. The van der Waals surface area contributed by atoms with Crippen LogP contribution in [0.2, 0.25) is 5.02 Å². The van der Waals surface area contributed by atoms with Crippen LogP contribution in [0.3, 0.4) is 0 Å². The molecule has 20 heavy (non-hydrogen) atoms. The Morgan fingerprint density at radius 2 is 1.95 bits per heavy atom. The summed E-state index contributed by atoms with van der Waals surface area (Å²) in [6.07, 6.45) is 0.701. The first-order chi connectivity index (χ1) is 9.65. The van der Waals surface area contributed by atoms with E-state index in [4.69, 9.17) is 17.3 Å². The summed E-state index contributed by atoms with van der Waals surface area (Å²) in [6.45, 7) is 0. The zero-order chi connectivity index (χ0) is 14.1. The van der Waals surface area contributed by atoms with Crippen LogP contribution >= 0.6 is 11.6 Å². The SMILES string of the molecule is Cn1c(CC(N)c2ccccc2)nc2cc(Cl)ccc21. The van der Waals surface area contributed by atoms with Crippen molar-refractivity contribution in [2.45, 2.75) is 12.5 Å². The lowest BCUT2D eigenvalue weighted by Crippen LogP contribution is -2.15. The third-order valence-corrected chi connectivity index (χ3v) is 3.80. The van der Waals surface area contributed by atoms with Gasteiger partial charge in [-0.1, -0.05) is 41.9 Å². The van der Waals surface area contributed by atoms with E-state index in [9.17, 15) is 0 Å². The van der Waals surface area contributed by atoms with Crippen molar-refractivity contribution in [3.63, 3.8) is 0 Å². The third kappa shape index (κ3) is 2.42. The van der Waals surface area contributed by atoms with Gasteiger partial charge < -0.3 is 10.3 Å². The average molecular weight is 286 g/mol. The number of hydrogen-bond donors (Lipinski definition) is 1. The summed E-state index contributed by atoms with van der Waals surface area (Å²) in [5.41, 5.74) is 9.38. The molecule has 1 atom stereocenters. The molecule has 1 unspecified atom stereocenters. The lowest BCUT2D eigenvalue weighted by molar-refractivity contribution is 0.665. The number of aromatic nitrogens is 2. The van der Waals surface area contributed by atoms with E-state index >= 15 is 0 Å². The summed E-state index contributed by atoms with van der Waals surface area (Å²) in [6, 6.07) is 15.8. The van der Waals surface area contributed by atoms with Crippen LogP contribution < -0.4 is 5.73 Å². The molecule has 3 nitrogen and oxygen atoms in total. The number of fused-ring (bicyclic) bond motifs is 1. The van der Waals surface area contributed by atoms with E-state index in [0.717, 1.165) is 22.4 Å². The largest absolute Gasteiger partial charge is 0.331 e. The van der Waals surface area contributed by atoms with Crippen molar-refractivity contribution >= 4 is 22.6 Å². The van der Waals surface area contributed by atoms with Gasteiger partial charge in [0, 0.05) is 24.5 Å². The van der Waals surface area contributed by atoms with Crippen LogP contribution in [0.5, 0.6) is 0 Å². The molecule has 0 radical (unpaired) electrons. The monoisotopic (exact) mass is 285 g/mol. The van der Waals surface area contributed by atoms with Crippen molar-refractivity contribution in [1.29, 1.82) is 0 Å². The van der Waals surface area contributed by atoms with Crippen LogP contribution in [0, 0.1) is 0 Å². The molecule has 0 aliphatic heterocycles. The number of benzene rings is 2.